The highest BCUT2D eigenvalue weighted by Crippen LogP contribution is 2.12. The van der Waals surface area contributed by atoms with Gasteiger partial charge in [-0.1, -0.05) is 11.8 Å². The van der Waals surface area contributed by atoms with E-state index < -0.39 is 5.97 Å². The highest BCUT2D eigenvalue weighted by atomic mass is 16.5. The Labute approximate surface area is 87.7 Å². The zero-order chi connectivity index (χ0) is 11.3. The molecule has 0 aliphatic rings. The SMILES string of the molecule is COC(=O)c1cc(N)cc(C#CCO)c1. The Hall–Kier alpha value is -1.99. The lowest BCUT2D eigenvalue weighted by atomic mass is 10.1. The maximum atomic E-state index is 11.2. The molecule has 1 aromatic rings. The van der Waals surface area contributed by atoms with Crippen molar-refractivity contribution in [3.63, 3.8) is 0 Å². The number of hydrogen-bond donors (Lipinski definition) is 2. The lowest BCUT2D eigenvalue weighted by Gasteiger charge is -2.01. The molecular weight excluding hydrogens is 194 g/mol. The molecule has 3 N–H and O–H groups in total. The molecule has 1 rings (SSSR count). The van der Waals surface area contributed by atoms with Gasteiger partial charge in [0.2, 0.25) is 0 Å². The maximum absolute atomic E-state index is 11.2. The second kappa shape index (κ2) is 5.03. The van der Waals surface area contributed by atoms with E-state index in [4.69, 9.17) is 10.8 Å². The first kappa shape index (κ1) is 11.1. The summed E-state index contributed by atoms with van der Waals surface area (Å²) >= 11 is 0. The lowest BCUT2D eigenvalue weighted by Crippen LogP contribution is -2.02. The summed E-state index contributed by atoms with van der Waals surface area (Å²) in [6.07, 6.45) is 0. The van der Waals surface area contributed by atoms with Crippen LogP contribution in [-0.2, 0) is 4.74 Å². The zero-order valence-corrected chi connectivity index (χ0v) is 8.28. The fourth-order valence-electron chi connectivity index (χ4n) is 1.10. The molecule has 0 spiro atoms. The van der Waals surface area contributed by atoms with Crippen LogP contribution in [0.4, 0.5) is 5.69 Å². The van der Waals surface area contributed by atoms with Crippen LogP contribution < -0.4 is 5.73 Å². The van der Waals surface area contributed by atoms with Gasteiger partial charge < -0.3 is 15.6 Å². The minimum atomic E-state index is -0.464. The molecule has 0 bridgehead atoms. The van der Waals surface area contributed by atoms with Crippen molar-refractivity contribution in [1.82, 2.24) is 0 Å². The third-order valence-corrected chi connectivity index (χ3v) is 1.69. The van der Waals surface area contributed by atoms with Gasteiger partial charge in [0.25, 0.3) is 0 Å². The van der Waals surface area contributed by atoms with Crippen LogP contribution in [0.2, 0.25) is 0 Å². The molecule has 0 radical (unpaired) electrons. The van der Waals surface area contributed by atoms with E-state index in [0.29, 0.717) is 16.8 Å². The Morgan fingerprint density at radius 2 is 2.27 bits per heavy atom. The molecule has 0 fully saturated rings. The molecule has 1 aromatic carbocycles. The second-order valence-corrected chi connectivity index (χ2v) is 2.80. The summed E-state index contributed by atoms with van der Waals surface area (Å²) < 4.78 is 4.56. The van der Waals surface area contributed by atoms with E-state index in [1.54, 1.807) is 12.1 Å². The van der Waals surface area contributed by atoms with Gasteiger partial charge in [-0.3, -0.25) is 0 Å². The monoisotopic (exact) mass is 205 g/mol. The highest BCUT2D eigenvalue weighted by molar-refractivity contribution is 5.90. The zero-order valence-electron chi connectivity index (χ0n) is 8.28. The number of anilines is 1. The van der Waals surface area contributed by atoms with E-state index >= 15 is 0 Å². The van der Waals surface area contributed by atoms with Gasteiger partial charge in [-0.15, -0.1) is 0 Å². The van der Waals surface area contributed by atoms with Crippen LogP contribution in [0.1, 0.15) is 15.9 Å². The van der Waals surface area contributed by atoms with Gasteiger partial charge in [0.15, 0.2) is 0 Å². The maximum Gasteiger partial charge on any atom is 0.337 e. The molecule has 0 aromatic heterocycles. The van der Waals surface area contributed by atoms with Crippen LogP contribution in [0.25, 0.3) is 0 Å². The van der Waals surface area contributed by atoms with Gasteiger partial charge in [0.05, 0.1) is 12.7 Å². The van der Waals surface area contributed by atoms with Crippen LogP contribution in [0.15, 0.2) is 18.2 Å². The molecule has 0 aliphatic heterocycles. The van der Waals surface area contributed by atoms with Crippen molar-refractivity contribution in [2.24, 2.45) is 0 Å². The number of nitrogen functional groups attached to an aromatic ring is 1. The van der Waals surface area contributed by atoms with E-state index in [0.717, 1.165) is 0 Å². The summed E-state index contributed by atoms with van der Waals surface area (Å²) in [5.74, 6) is 4.68. The second-order valence-electron chi connectivity index (χ2n) is 2.80. The molecule has 4 heteroatoms. The summed E-state index contributed by atoms with van der Waals surface area (Å²) in [7, 11) is 1.30. The fraction of sp³-hybridized carbons (Fsp3) is 0.182. The molecule has 0 atom stereocenters. The van der Waals surface area contributed by atoms with Gasteiger partial charge in [-0.25, -0.2) is 4.79 Å². The van der Waals surface area contributed by atoms with E-state index in [2.05, 4.69) is 16.6 Å². The molecule has 0 heterocycles. The van der Waals surface area contributed by atoms with Crippen LogP contribution in [-0.4, -0.2) is 24.8 Å². The van der Waals surface area contributed by atoms with E-state index in [-0.39, 0.29) is 6.61 Å². The van der Waals surface area contributed by atoms with E-state index in [9.17, 15) is 4.79 Å². The smallest absolute Gasteiger partial charge is 0.337 e. The Morgan fingerprint density at radius 1 is 1.53 bits per heavy atom. The van der Waals surface area contributed by atoms with Gasteiger partial charge in [0, 0.05) is 11.3 Å². The molecule has 78 valence electrons. The molecule has 0 saturated heterocycles. The Kier molecular flexibility index (Phi) is 3.72. The van der Waals surface area contributed by atoms with Crippen molar-refractivity contribution in [2.45, 2.75) is 0 Å². The van der Waals surface area contributed by atoms with Crippen molar-refractivity contribution in [3.05, 3.63) is 29.3 Å². The predicted octanol–water partition coefficient (Wildman–Crippen LogP) is 0.399. The normalized spacial score (nSPS) is 8.93. The topological polar surface area (TPSA) is 72.5 Å². The van der Waals surface area contributed by atoms with Gasteiger partial charge >= 0.3 is 5.97 Å². The van der Waals surface area contributed by atoms with Gasteiger partial charge in [-0.2, -0.15) is 0 Å². The molecule has 0 unspecified atom stereocenters. The lowest BCUT2D eigenvalue weighted by molar-refractivity contribution is 0.0600. The third kappa shape index (κ3) is 3.01. The molecular formula is C11H11NO3. The fourth-order valence-corrected chi connectivity index (χ4v) is 1.10. The van der Waals surface area contributed by atoms with Crippen LogP contribution >= 0.6 is 0 Å². The number of aliphatic hydroxyl groups is 1. The highest BCUT2D eigenvalue weighted by Gasteiger charge is 2.06. The number of aliphatic hydroxyl groups excluding tert-OH is 1. The first-order valence-corrected chi connectivity index (χ1v) is 4.26. The molecule has 15 heavy (non-hydrogen) atoms. The number of carbonyl (C=O) groups excluding carboxylic acids is 1. The first-order valence-electron chi connectivity index (χ1n) is 4.26. The molecule has 0 amide bonds. The summed E-state index contributed by atoms with van der Waals surface area (Å²) in [5.41, 5.74) is 6.94. The number of ether oxygens (including phenoxy) is 1. The van der Waals surface area contributed by atoms with E-state index in [1.807, 2.05) is 0 Å². The van der Waals surface area contributed by atoms with Gasteiger partial charge in [-0.05, 0) is 18.2 Å². The van der Waals surface area contributed by atoms with E-state index in [1.165, 1.54) is 13.2 Å². The summed E-state index contributed by atoms with van der Waals surface area (Å²) in [6.45, 7) is -0.234. The number of methoxy groups -OCH3 is 1. The van der Waals surface area contributed by atoms with Crippen molar-refractivity contribution in [2.75, 3.05) is 19.5 Å². The minimum Gasteiger partial charge on any atom is -0.465 e. The third-order valence-electron chi connectivity index (χ3n) is 1.69. The van der Waals surface area contributed by atoms with Crippen molar-refractivity contribution in [1.29, 1.82) is 0 Å². The number of benzene rings is 1. The van der Waals surface area contributed by atoms with Crippen LogP contribution in [0.5, 0.6) is 0 Å². The summed E-state index contributed by atoms with van der Waals surface area (Å²) in [4.78, 5) is 11.2. The number of rotatable bonds is 1. The first-order chi connectivity index (χ1) is 7.17. The molecule has 4 nitrogen and oxygen atoms in total. The molecule has 0 aliphatic carbocycles. The largest absolute Gasteiger partial charge is 0.465 e. The van der Waals surface area contributed by atoms with Crippen LogP contribution in [0.3, 0.4) is 0 Å². The van der Waals surface area contributed by atoms with Crippen molar-refractivity contribution in [3.8, 4) is 11.8 Å². The minimum absolute atomic E-state index is 0.234. The summed E-state index contributed by atoms with van der Waals surface area (Å²) in [5, 5.41) is 8.53. The van der Waals surface area contributed by atoms with Crippen LogP contribution in [0, 0.1) is 11.8 Å². The molecule has 0 saturated carbocycles. The Balaban J connectivity index is 3.10. The Morgan fingerprint density at radius 3 is 2.87 bits per heavy atom. The summed E-state index contributed by atoms with van der Waals surface area (Å²) in [6, 6.07) is 4.69. The number of esters is 1. The predicted molar refractivity (Wildman–Crippen MR) is 56.2 cm³/mol. The quantitative estimate of drug-likeness (QED) is 0.395. The van der Waals surface area contributed by atoms with Crippen molar-refractivity contribution >= 4 is 11.7 Å². The average Bonchev–Trinajstić information content (AvgIpc) is 2.24. The number of hydrogen-bond acceptors (Lipinski definition) is 4. The Bertz CT molecular complexity index is 429. The average molecular weight is 205 g/mol. The number of carbonyl (C=O) groups is 1. The van der Waals surface area contributed by atoms with Crippen molar-refractivity contribution < 1.29 is 14.6 Å². The number of nitrogens with two attached hydrogens (primary N) is 1. The standard InChI is InChI=1S/C11H11NO3/c1-15-11(14)9-5-8(3-2-4-13)6-10(12)7-9/h5-7,13H,4,12H2,1H3. The van der Waals surface area contributed by atoms with Gasteiger partial charge in [0.1, 0.15) is 6.61 Å².